The van der Waals surface area contributed by atoms with Crippen molar-refractivity contribution in [2.24, 2.45) is 0 Å². The van der Waals surface area contributed by atoms with Gasteiger partial charge in [0.1, 0.15) is 17.5 Å². The molecule has 3 aliphatic rings. The number of anilines is 4. The summed E-state index contributed by atoms with van der Waals surface area (Å²) in [5.41, 5.74) is 3.82. The van der Waals surface area contributed by atoms with Crippen molar-refractivity contribution in [2.45, 2.75) is 38.6 Å². The molecule has 0 aliphatic carbocycles. The Kier molecular flexibility index (Phi) is 7.70. The molecule has 1 aromatic heterocycles. The summed E-state index contributed by atoms with van der Waals surface area (Å²) in [5, 5.41) is 16.1. The van der Waals surface area contributed by atoms with Crippen LogP contribution in [-0.2, 0) is 11.2 Å². The molecule has 10 nitrogen and oxygen atoms in total. The summed E-state index contributed by atoms with van der Waals surface area (Å²) in [5.74, 6) is 0.915. The van der Waals surface area contributed by atoms with Crippen LogP contribution in [0.5, 0.6) is 0 Å². The van der Waals surface area contributed by atoms with Crippen LogP contribution in [0.4, 0.5) is 27.9 Å². The van der Waals surface area contributed by atoms with Gasteiger partial charge >= 0.3 is 6.09 Å². The number of fused-ring (bicyclic) bond motifs is 1. The molecule has 5 rings (SSSR count). The van der Waals surface area contributed by atoms with Gasteiger partial charge in [-0.1, -0.05) is 6.92 Å². The van der Waals surface area contributed by atoms with Gasteiger partial charge in [0.2, 0.25) is 5.95 Å². The standard InChI is InChI=1S/C27H34N8O2/c1-2-20-16-22(35-14-13-33-10-3-6-23(33)19-35)7-8-24(20)31-26-30-18-21(17-28)25(32-26)29-9-4-11-34-12-5-15-37-27(34)36/h5,7-8,15-16,18,23H,2-4,6,9-14,19H2,1H3,(H2,29,30,31,32)/t23-/m0/s1. The molecule has 4 heterocycles. The number of carbonyl (C=O) groups excluding carboxylic acids is 1. The normalized spacial score (nSPS) is 19.4. The van der Waals surface area contributed by atoms with Crippen LogP contribution in [0, 0.1) is 11.3 Å². The van der Waals surface area contributed by atoms with Gasteiger partial charge in [0.15, 0.2) is 0 Å². The largest absolute Gasteiger partial charge is 0.418 e. The molecule has 1 aromatic carbocycles. The summed E-state index contributed by atoms with van der Waals surface area (Å²) < 4.78 is 4.90. The van der Waals surface area contributed by atoms with Gasteiger partial charge in [-0.3, -0.25) is 4.90 Å². The highest BCUT2D eigenvalue weighted by Crippen LogP contribution is 2.30. The lowest BCUT2D eigenvalue weighted by Crippen LogP contribution is -2.50. The van der Waals surface area contributed by atoms with E-state index in [9.17, 15) is 10.1 Å². The topological polar surface area (TPSA) is 110 Å². The fourth-order valence-electron chi connectivity index (χ4n) is 5.28. The van der Waals surface area contributed by atoms with Crippen molar-refractivity contribution in [2.75, 3.05) is 61.3 Å². The summed E-state index contributed by atoms with van der Waals surface area (Å²) in [7, 11) is 0. The number of aryl methyl sites for hydroxylation is 1. The number of aromatic nitrogens is 2. The van der Waals surface area contributed by atoms with E-state index < -0.39 is 0 Å². The van der Waals surface area contributed by atoms with Gasteiger partial charge < -0.3 is 25.2 Å². The van der Waals surface area contributed by atoms with Crippen molar-refractivity contribution in [3.63, 3.8) is 0 Å². The lowest BCUT2D eigenvalue weighted by molar-refractivity contribution is 0.133. The van der Waals surface area contributed by atoms with Crippen molar-refractivity contribution in [3.05, 3.63) is 47.9 Å². The number of nitrogens with one attached hydrogen (secondary N) is 2. The van der Waals surface area contributed by atoms with Crippen molar-refractivity contribution in [3.8, 4) is 6.07 Å². The summed E-state index contributed by atoms with van der Waals surface area (Å²) in [6.45, 7) is 8.35. The first-order valence-corrected chi connectivity index (χ1v) is 13.1. The van der Waals surface area contributed by atoms with E-state index in [1.54, 1.807) is 11.0 Å². The maximum atomic E-state index is 11.7. The van der Waals surface area contributed by atoms with Crippen LogP contribution >= 0.6 is 0 Å². The lowest BCUT2D eigenvalue weighted by Gasteiger charge is -2.39. The Morgan fingerprint density at radius 1 is 1.27 bits per heavy atom. The van der Waals surface area contributed by atoms with E-state index >= 15 is 0 Å². The van der Waals surface area contributed by atoms with E-state index in [-0.39, 0.29) is 6.09 Å². The van der Waals surface area contributed by atoms with Crippen LogP contribution in [0.3, 0.4) is 0 Å². The van der Waals surface area contributed by atoms with Gasteiger partial charge in [0.05, 0.1) is 12.5 Å². The van der Waals surface area contributed by atoms with Crippen LogP contribution in [0.2, 0.25) is 0 Å². The Morgan fingerprint density at radius 3 is 3.03 bits per heavy atom. The van der Waals surface area contributed by atoms with Gasteiger partial charge in [-0.2, -0.15) is 10.2 Å². The van der Waals surface area contributed by atoms with Crippen molar-refractivity contribution in [1.82, 2.24) is 19.8 Å². The zero-order chi connectivity index (χ0) is 25.6. The van der Waals surface area contributed by atoms with Gasteiger partial charge in [-0.25, -0.2) is 9.78 Å². The smallest absolute Gasteiger partial charge is 0.414 e. The van der Waals surface area contributed by atoms with Gasteiger partial charge in [0, 0.05) is 56.7 Å². The van der Waals surface area contributed by atoms with E-state index in [4.69, 9.17) is 4.74 Å². The van der Waals surface area contributed by atoms with E-state index in [0.717, 1.165) is 31.7 Å². The molecule has 2 fully saturated rings. The number of ether oxygens (including phenoxy) is 1. The zero-order valence-corrected chi connectivity index (χ0v) is 21.3. The molecule has 10 heteroatoms. The minimum absolute atomic E-state index is 0.340. The Hall–Kier alpha value is -3.84. The van der Waals surface area contributed by atoms with Gasteiger partial charge in [-0.15, -0.1) is 0 Å². The highest BCUT2D eigenvalue weighted by atomic mass is 16.5. The predicted octanol–water partition coefficient (Wildman–Crippen LogP) is 3.71. The second kappa shape index (κ2) is 11.5. The quantitative estimate of drug-likeness (QED) is 0.496. The number of rotatable bonds is 9. The lowest BCUT2D eigenvalue weighted by atomic mass is 10.1. The second-order valence-electron chi connectivity index (χ2n) is 9.65. The molecular formula is C27H34N8O2. The molecule has 2 saturated heterocycles. The molecule has 0 unspecified atom stereocenters. The van der Waals surface area contributed by atoms with Crippen LogP contribution in [0.15, 0.2) is 36.7 Å². The molecule has 1 atom stereocenters. The SMILES string of the molecule is CCc1cc(N2CCN3CCC[C@H]3C2)ccc1Nc1ncc(C#N)c(NCCCN2CC=COC2=O)n1. The number of benzene rings is 1. The monoisotopic (exact) mass is 502 g/mol. The van der Waals surface area contributed by atoms with Crippen LogP contribution in [0.25, 0.3) is 0 Å². The minimum atomic E-state index is -0.340. The first-order chi connectivity index (χ1) is 18.1. The van der Waals surface area contributed by atoms with Crippen molar-refractivity contribution >= 4 is 29.2 Å². The average molecular weight is 503 g/mol. The van der Waals surface area contributed by atoms with E-state index in [1.807, 2.05) is 0 Å². The summed E-state index contributed by atoms with van der Waals surface area (Å²) in [6.07, 6.45) is 8.60. The Bertz CT molecular complexity index is 1190. The molecule has 194 valence electrons. The Balaban J connectivity index is 1.22. The maximum absolute atomic E-state index is 11.7. The molecule has 0 radical (unpaired) electrons. The first-order valence-electron chi connectivity index (χ1n) is 13.1. The van der Waals surface area contributed by atoms with Gasteiger partial charge in [-0.05, 0) is 62.1 Å². The molecule has 0 spiro atoms. The second-order valence-corrected chi connectivity index (χ2v) is 9.65. The number of cyclic esters (lactones) is 1. The molecule has 3 aliphatic heterocycles. The number of carbonyl (C=O) groups is 1. The summed E-state index contributed by atoms with van der Waals surface area (Å²) in [6, 6.07) is 9.39. The third kappa shape index (κ3) is 5.78. The zero-order valence-electron chi connectivity index (χ0n) is 21.3. The van der Waals surface area contributed by atoms with Crippen molar-refractivity contribution < 1.29 is 9.53 Å². The fraction of sp³-hybridized carbons (Fsp3) is 0.481. The molecule has 0 bridgehead atoms. The maximum Gasteiger partial charge on any atom is 0.414 e. The highest BCUT2D eigenvalue weighted by Gasteiger charge is 2.30. The number of piperazine rings is 1. The number of nitriles is 1. The van der Waals surface area contributed by atoms with Crippen LogP contribution in [-0.4, -0.2) is 77.7 Å². The third-order valence-corrected chi connectivity index (χ3v) is 7.32. The molecular weight excluding hydrogens is 468 g/mol. The first kappa shape index (κ1) is 24.8. The van der Waals surface area contributed by atoms with E-state index in [2.05, 4.69) is 61.6 Å². The van der Waals surface area contributed by atoms with E-state index in [1.165, 1.54) is 43.1 Å². The third-order valence-electron chi connectivity index (χ3n) is 7.32. The fourth-order valence-corrected chi connectivity index (χ4v) is 5.28. The van der Waals surface area contributed by atoms with Crippen molar-refractivity contribution in [1.29, 1.82) is 5.26 Å². The van der Waals surface area contributed by atoms with E-state index in [0.29, 0.717) is 49.4 Å². The Morgan fingerprint density at radius 2 is 2.19 bits per heavy atom. The molecule has 1 amide bonds. The summed E-state index contributed by atoms with van der Waals surface area (Å²) >= 11 is 0. The minimum Gasteiger partial charge on any atom is -0.418 e. The molecule has 37 heavy (non-hydrogen) atoms. The van der Waals surface area contributed by atoms with Crippen LogP contribution in [0.1, 0.15) is 37.3 Å². The number of amides is 1. The average Bonchev–Trinajstić information content (AvgIpc) is 3.40. The number of nitrogens with zero attached hydrogens (tertiary/aromatic N) is 6. The van der Waals surface area contributed by atoms with Crippen LogP contribution < -0.4 is 15.5 Å². The molecule has 2 N–H and O–H groups in total. The predicted molar refractivity (Wildman–Crippen MR) is 143 cm³/mol. The Labute approximate surface area is 217 Å². The molecule has 2 aromatic rings. The highest BCUT2D eigenvalue weighted by molar-refractivity contribution is 5.69. The summed E-state index contributed by atoms with van der Waals surface area (Å²) in [4.78, 5) is 27.4. The number of hydrogen-bond acceptors (Lipinski definition) is 9. The van der Waals surface area contributed by atoms with Gasteiger partial charge in [0.25, 0.3) is 0 Å². The number of hydrogen-bond donors (Lipinski definition) is 2. The molecule has 0 saturated carbocycles.